The van der Waals surface area contributed by atoms with Crippen LogP contribution in [0.5, 0.6) is 0 Å². The molecule has 0 radical (unpaired) electrons. The summed E-state index contributed by atoms with van der Waals surface area (Å²) in [5.41, 5.74) is 0. The molecule has 0 aromatic carbocycles. The summed E-state index contributed by atoms with van der Waals surface area (Å²) in [5.74, 6) is 2.48. The summed E-state index contributed by atoms with van der Waals surface area (Å²) in [7, 11) is 0. The van der Waals surface area contributed by atoms with E-state index in [1.165, 1.54) is 32.1 Å². The van der Waals surface area contributed by atoms with Crippen LogP contribution >= 0.6 is 0 Å². The maximum absolute atomic E-state index is 12.2. The number of likely N-dealkylation sites (tertiary alicyclic amines) is 1. The molecule has 0 bridgehead atoms. The predicted molar refractivity (Wildman–Crippen MR) is 100 cm³/mol. The predicted octanol–water partition coefficient (Wildman–Crippen LogP) is 6.15. The number of hydrogen-bond acceptors (Lipinski definition) is 1. The summed E-state index contributed by atoms with van der Waals surface area (Å²) >= 11 is 0. The lowest BCUT2D eigenvalue weighted by atomic mass is 9.87. The van der Waals surface area contributed by atoms with Crippen LogP contribution in [0, 0.1) is 17.8 Å². The van der Waals surface area contributed by atoms with Gasteiger partial charge in [0.15, 0.2) is 0 Å². The van der Waals surface area contributed by atoms with Crippen LogP contribution in [0.1, 0.15) is 93.9 Å². The van der Waals surface area contributed by atoms with Gasteiger partial charge < -0.3 is 4.90 Å². The maximum atomic E-state index is 12.2. The molecule has 0 aromatic rings. The van der Waals surface area contributed by atoms with Crippen LogP contribution in [0.25, 0.3) is 0 Å². The Morgan fingerprint density at radius 1 is 0.909 bits per heavy atom. The summed E-state index contributed by atoms with van der Waals surface area (Å²) in [6.45, 7) is 14.8. The molecule has 2 aliphatic rings. The molecule has 134 valence electrons. The first-order valence-electron chi connectivity index (χ1n) is 9.29. The molecule has 2 nitrogen and oxygen atoms in total. The standard InChI is InChI=1S/C13H23NO.C4H10.C2H6.CH4/c1-11-7-9-14(10-8-11)13(15)12-5-3-2-4-6-12;1-4(2)3;1-2;/h11-12H,2-10H2,1H3;4H,1-3H3;1-2H3;1H4. The zero-order valence-electron chi connectivity index (χ0n) is 15.5. The average molecular weight is 314 g/mol. The largest absolute Gasteiger partial charge is 0.342 e. The van der Waals surface area contributed by atoms with E-state index in [2.05, 4.69) is 32.6 Å². The third-order valence-electron chi connectivity index (χ3n) is 4.05. The zero-order valence-corrected chi connectivity index (χ0v) is 15.5. The minimum Gasteiger partial charge on any atom is -0.342 e. The minimum atomic E-state index is 0. The van der Waals surface area contributed by atoms with Crippen molar-refractivity contribution < 1.29 is 4.79 Å². The second-order valence-electron chi connectivity index (χ2n) is 7.07. The van der Waals surface area contributed by atoms with Gasteiger partial charge >= 0.3 is 0 Å². The smallest absolute Gasteiger partial charge is 0.225 e. The molecule has 2 fully saturated rings. The quantitative estimate of drug-likeness (QED) is 0.568. The van der Waals surface area contributed by atoms with Crippen molar-refractivity contribution in [1.82, 2.24) is 4.90 Å². The highest BCUT2D eigenvalue weighted by Gasteiger charge is 2.27. The molecule has 22 heavy (non-hydrogen) atoms. The van der Waals surface area contributed by atoms with E-state index in [0.717, 1.165) is 37.8 Å². The fourth-order valence-corrected chi connectivity index (χ4v) is 2.84. The van der Waals surface area contributed by atoms with Gasteiger partial charge in [-0.3, -0.25) is 4.79 Å². The van der Waals surface area contributed by atoms with Crippen LogP contribution in [0.15, 0.2) is 0 Å². The first-order valence-corrected chi connectivity index (χ1v) is 9.29. The third-order valence-corrected chi connectivity index (χ3v) is 4.05. The van der Waals surface area contributed by atoms with Crippen molar-refractivity contribution in [2.24, 2.45) is 17.8 Å². The van der Waals surface area contributed by atoms with Crippen LogP contribution in [0.3, 0.4) is 0 Å². The Balaban J connectivity index is 0. The number of nitrogens with zero attached hydrogens (tertiary/aromatic N) is 1. The summed E-state index contributed by atoms with van der Waals surface area (Å²) in [5, 5.41) is 0. The van der Waals surface area contributed by atoms with Crippen molar-refractivity contribution in [2.45, 2.75) is 93.9 Å². The van der Waals surface area contributed by atoms with Gasteiger partial charge in [-0.2, -0.15) is 0 Å². The molecule has 2 rings (SSSR count). The Morgan fingerprint density at radius 3 is 1.73 bits per heavy atom. The zero-order chi connectivity index (χ0) is 16.3. The van der Waals surface area contributed by atoms with E-state index in [4.69, 9.17) is 0 Å². The van der Waals surface area contributed by atoms with Gasteiger partial charge in [0.1, 0.15) is 0 Å². The van der Waals surface area contributed by atoms with Gasteiger partial charge in [-0.1, -0.05) is 68.2 Å². The Labute approximate surface area is 141 Å². The van der Waals surface area contributed by atoms with Crippen LogP contribution in [0.2, 0.25) is 0 Å². The lowest BCUT2D eigenvalue weighted by Crippen LogP contribution is -2.41. The van der Waals surface area contributed by atoms with Crippen LogP contribution in [-0.4, -0.2) is 23.9 Å². The lowest BCUT2D eigenvalue weighted by molar-refractivity contribution is -0.137. The monoisotopic (exact) mass is 313 g/mol. The summed E-state index contributed by atoms with van der Waals surface area (Å²) in [6.07, 6.45) is 8.56. The van der Waals surface area contributed by atoms with Crippen molar-refractivity contribution in [2.75, 3.05) is 13.1 Å². The number of rotatable bonds is 1. The molecular formula is C20H43NO. The Morgan fingerprint density at radius 2 is 1.32 bits per heavy atom. The van der Waals surface area contributed by atoms with E-state index in [9.17, 15) is 4.79 Å². The molecule has 1 aliphatic heterocycles. The molecule has 1 saturated heterocycles. The SMILES string of the molecule is C.CC.CC(C)C.CC1CCN(C(=O)C2CCCCC2)CC1. The number of piperidine rings is 1. The maximum Gasteiger partial charge on any atom is 0.225 e. The molecule has 0 aromatic heterocycles. The normalized spacial score (nSPS) is 19.3. The van der Waals surface area contributed by atoms with E-state index in [1.807, 2.05) is 13.8 Å². The highest BCUT2D eigenvalue weighted by Crippen LogP contribution is 2.27. The van der Waals surface area contributed by atoms with Gasteiger partial charge in [-0.15, -0.1) is 0 Å². The molecule has 0 atom stereocenters. The van der Waals surface area contributed by atoms with E-state index in [-0.39, 0.29) is 7.43 Å². The highest BCUT2D eigenvalue weighted by atomic mass is 16.2. The van der Waals surface area contributed by atoms with Gasteiger partial charge in [0.05, 0.1) is 0 Å². The van der Waals surface area contributed by atoms with Crippen molar-refractivity contribution in [3.8, 4) is 0 Å². The minimum absolute atomic E-state index is 0. The van der Waals surface area contributed by atoms with E-state index in [1.54, 1.807) is 0 Å². The molecule has 1 amide bonds. The summed E-state index contributed by atoms with van der Waals surface area (Å²) in [4.78, 5) is 14.3. The van der Waals surface area contributed by atoms with E-state index in [0.29, 0.717) is 11.8 Å². The van der Waals surface area contributed by atoms with Crippen LogP contribution < -0.4 is 0 Å². The second-order valence-corrected chi connectivity index (χ2v) is 7.07. The number of carbonyl (C=O) groups is 1. The van der Waals surface area contributed by atoms with Gasteiger partial charge in [-0.05, 0) is 37.5 Å². The molecule has 1 saturated carbocycles. The number of carbonyl (C=O) groups excluding carboxylic acids is 1. The molecule has 2 heteroatoms. The molecule has 0 N–H and O–H groups in total. The molecule has 0 spiro atoms. The first kappa shape index (κ1) is 23.7. The van der Waals surface area contributed by atoms with Crippen molar-refractivity contribution in [1.29, 1.82) is 0 Å². The second kappa shape index (κ2) is 14.1. The van der Waals surface area contributed by atoms with E-state index < -0.39 is 0 Å². The Hall–Kier alpha value is -0.530. The Kier molecular flexibility index (Phi) is 15.2. The fourth-order valence-electron chi connectivity index (χ4n) is 2.84. The van der Waals surface area contributed by atoms with Crippen LogP contribution in [0.4, 0.5) is 0 Å². The fraction of sp³-hybridized carbons (Fsp3) is 0.950. The van der Waals surface area contributed by atoms with Crippen LogP contribution in [-0.2, 0) is 4.79 Å². The molecular weight excluding hydrogens is 270 g/mol. The van der Waals surface area contributed by atoms with E-state index >= 15 is 0 Å². The van der Waals surface area contributed by atoms with Crippen molar-refractivity contribution in [3.05, 3.63) is 0 Å². The summed E-state index contributed by atoms with van der Waals surface area (Å²) < 4.78 is 0. The highest BCUT2D eigenvalue weighted by molar-refractivity contribution is 5.79. The van der Waals surface area contributed by atoms with Crippen molar-refractivity contribution >= 4 is 5.91 Å². The average Bonchev–Trinajstić information content (AvgIpc) is 2.50. The lowest BCUT2D eigenvalue weighted by Gasteiger charge is -2.34. The third kappa shape index (κ3) is 10.2. The van der Waals surface area contributed by atoms with Gasteiger partial charge in [0.25, 0.3) is 0 Å². The number of hydrogen-bond donors (Lipinski definition) is 0. The number of amides is 1. The Bertz CT molecular complexity index is 246. The van der Waals surface area contributed by atoms with Gasteiger partial charge in [0, 0.05) is 19.0 Å². The molecule has 0 unspecified atom stereocenters. The topological polar surface area (TPSA) is 20.3 Å². The molecule has 1 heterocycles. The van der Waals surface area contributed by atoms with Gasteiger partial charge in [0.2, 0.25) is 5.91 Å². The molecule has 1 aliphatic carbocycles. The van der Waals surface area contributed by atoms with Gasteiger partial charge in [-0.25, -0.2) is 0 Å². The first-order chi connectivity index (χ1) is 10.0. The van der Waals surface area contributed by atoms with Crippen molar-refractivity contribution in [3.63, 3.8) is 0 Å². The summed E-state index contributed by atoms with van der Waals surface area (Å²) in [6, 6.07) is 0.